The summed E-state index contributed by atoms with van der Waals surface area (Å²) in [7, 11) is 0. The Labute approximate surface area is 849 Å². The predicted molar refractivity (Wildman–Crippen MR) is 556 cm³/mol. The first kappa shape index (κ1) is 97.3. The Hall–Kier alpha value is -19.5. The molecule has 0 bridgehead atoms. The van der Waals surface area contributed by atoms with Crippen molar-refractivity contribution >= 4 is 102 Å². The Morgan fingerprint density at radius 3 is 0.689 bits per heavy atom. The van der Waals surface area contributed by atoms with Gasteiger partial charge >= 0.3 is 23.9 Å². The molecule has 2 unspecified atom stereocenters. The molecule has 0 saturated heterocycles. The summed E-state index contributed by atoms with van der Waals surface area (Å²) in [5.41, 5.74) is 2.12. The van der Waals surface area contributed by atoms with Gasteiger partial charge in [-0.2, -0.15) is 0 Å². The molecule has 19 rings (SSSR count). The summed E-state index contributed by atoms with van der Waals surface area (Å²) in [6.07, 6.45) is 4.73. The minimum absolute atomic E-state index is 0.00407. The second kappa shape index (κ2) is 43.5. The van der Waals surface area contributed by atoms with Gasteiger partial charge in [0, 0.05) is 131 Å². The molecular weight excluding hydrogens is 1870 g/mol. The van der Waals surface area contributed by atoms with Crippen molar-refractivity contribution in [1.29, 1.82) is 0 Å². The van der Waals surface area contributed by atoms with Crippen molar-refractivity contribution in [2.75, 3.05) is 13.1 Å². The first-order valence-electron chi connectivity index (χ1n) is 47.6. The highest BCUT2D eigenvalue weighted by Gasteiger charge is 2.48. The van der Waals surface area contributed by atoms with Crippen LogP contribution in [0, 0.1) is 0 Å². The van der Waals surface area contributed by atoms with Crippen LogP contribution in [0.4, 0.5) is 0 Å². The van der Waals surface area contributed by atoms with Crippen LogP contribution in [0.2, 0.25) is 0 Å². The SMILES string of the molecule is C=CC(=O)Oc1cccc(Oc2ccc(Oc3cc4c5c(cc(Oc6ccc(Oc7cccc(OC(=O)C=C)c7)cc6)c6c7c(Oc8ccc(Oc9cccc(OC(=O)C=C)c9)cc8)cc8c9c(cc(Oc%10ccc(Oc%11cccc(OC(=O)C=C)c%11)cc%10)c(c3c56)c97)C(=O)N(C(Cc3ccccc3)C(=O)N(CCC)Cc3ccccc3)C8=O)C(=O)N(C(Cc3ccccc3)C(=O)N(CCC)Cc3ccccc3)C4=O)cc2)c1. The number of hydrogen-bond donors (Lipinski definition) is 0. The molecule has 0 saturated carbocycles. The monoisotopic (exact) mass is 1960 g/mol. The highest BCUT2D eigenvalue weighted by Crippen LogP contribution is 2.59. The van der Waals surface area contributed by atoms with Crippen LogP contribution in [0.25, 0.3) is 43.1 Å². The third-order valence-electron chi connectivity index (χ3n) is 24.7. The van der Waals surface area contributed by atoms with Crippen molar-refractivity contribution in [3.63, 3.8) is 0 Å². The Morgan fingerprint density at radius 2 is 0.466 bits per heavy atom. The number of nitrogens with zero attached hydrogens (tertiary/aromatic N) is 4. The van der Waals surface area contributed by atoms with Crippen LogP contribution < -0.4 is 56.8 Å². The fourth-order valence-corrected chi connectivity index (χ4v) is 18.2. The number of esters is 4. The van der Waals surface area contributed by atoms with E-state index < -0.39 is 71.4 Å². The van der Waals surface area contributed by atoms with E-state index in [-0.39, 0.29) is 219 Å². The number of fused-ring (bicyclic) bond motifs is 2. The molecule has 2 atom stereocenters. The molecule has 6 amide bonds. The number of carbonyl (C=O) groups is 10. The van der Waals surface area contributed by atoms with E-state index >= 15 is 28.8 Å². The molecule has 148 heavy (non-hydrogen) atoms. The number of ether oxygens (including phenoxy) is 12. The molecular formula is C122H92N4O22. The number of rotatable bonds is 40. The van der Waals surface area contributed by atoms with E-state index in [9.17, 15) is 19.2 Å². The summed E-state index contributed by atoms with van der Waals surface area (Å²) >= 11 is 0. The van der Waals surface area contributed by atoms with Gasteiger partial charge in [0.05, 0.1) is 22.3 Å². The fraction of sp³-hybridized carbons (Fsp3) is 0.0984. The molecule has 732 valence electrons. The summed E-state index contributed by atoms with van der Waals surface area (Å²) in [5, 5.41) is 0.394. The molecule has 0 N–H and O–H groups in total. The molecule has 0 fully saturated rings. The van der Waals surface area contributed by atoms with Gasteiger partial charge in [0.1, 0.15) is 127 Å². The lowest BCUT2D eigenvalue weighted by atomic mass is 9.80. The van der Waals surface area contributed by atoms with Crippen LogP contribution >= 0.6 is 0 Å². The second-order valence-corrected chi connectivity index (χ2v) is 34.7. The van der Waals surface area contributed by atoms with Gasteiger partial charge in [0.2, 0.25) is 11.8 Å². The normalized spacial score (nSPS) is 12.3. The van der Waals surface area contributed by atoms with Crippen LogP contribution in [0.3, 0.4) is 0 Å². The quantitative estimate of drug-likeness (QED) is 0.00860. The number of benzene rings is 17. The molecule has 0 aromatic heterocycles. The smallest absolute Gasteiger partial charge is 0.335 e. The fourth-order valence-electron chi connectivity index (χ4n) is 18.2. The number of amides is 6. The van der Waals surface area contributed by atoms with Gasteiger partial charge in [0.25, 0.3) is 23.6 Å². The van der Waals surface area contributed by atoms with Gasteiger partial charge in [-0.15, -0.1) is 0 Å². The number of hydrogen-bond acceptors (Lipinski definition) is 22. The molecule has 2 heterocycles. The van der Waals surface area contributed by atoms with E-state index in [0.717, 1.165) is 45.2 Å². The number of carbonyl (C=O) groups excluding carboxylic acids is 10. The van der Waals surface area contributed by atoms with Gasteiger partial charge in [0.15, 0.2) is 0 Å². The summed E-state index contributed by atoms with van der Waals surface area (Å²) in [4.78, 5) is 158. The van der Waals surface area contributed by atoms with Crippen molar-refractivity contribution in [3.8, 4) is 115 Å². The van der Waals surface area contributed by atoms with Crippen molar-refractivity contribution in [3.05, 3.63) is 435 Å². The highest BCUT2D eigenvalue weighted by atomic mass is 16.6. The molecule has 2 aliphatic heterocycles. The lowest BCUT2D eigenvalue weighted by Crippen LogP contribution is -2.55. The van der Waals surface area contributed by atoms with Crippen molar-refractivity contribution in [2.24, 2.45) is 0 Å². The topological polar surface area (TPSA) is 294 Å². The Bertz CT molecular complexity index is 7240. The van der Waals surface area contributed by atoms with Crippen LogP contribution in [0.15, 0.2) is 390 Å². The summed E-state index contributed by atoms with van der Waals surface area (Å²) in [6, 6.07) is 91.0. The zero-order valence-corrected chi connectivity index (χ0v) is 80.1. The maximum atomic E-state index is 17.4. The van der Waals surface area contributed by atoms with E-state index in [1.807, 2.05) is 111 Å². The maximum absolute atomic E-state index is 17.4. The molecule has 0 radical (unpaired) electrons. The molecule has 17 aromatic rings. The van der Waals surface area contributed by atoms with E-state index in [1.54, 1.807) is 204 Å². The summed E-state index contributed by atoms with van der Waals surface area (Å²) < 4.78 is 77.6. The Morgan fingerprint density at radius 1 is 0.250 bits per heavy atom. The van der Waals surface area contributed by atoms with Crippen LogP contribution in [-0.2, 0) is 54.7 Å². The third kappa shape index (κ3) is 21.2. The minimum Gasteiger partial charge on any atom is -0.457 e. The molecule has 17 aromatic carbocycles. The van der Waals surface area contributed by atoms with E-state index in [2.05, 4.69) is 26.3 Å². The molecule has 26 nitrogen and oxygen atoms in total. The molecule has 2 aliphatic rings. The van der Waals surface area contributed by atoms with E-state index in [4.69, 9.17) is 56.8 Å². The lowest BCUT2D eigenvalue weighted by molar-refractivity contribution is -0.136. The zero-order valence-electron chi connectivity index (χ0n) is 80.1. The first-order chi connectivity index (χ1) is 72.1. The van der Waals surface area contributed by atoms with Crippen LogP contribution in [-0.4, -0.2) is 104 Å². The van der Waals surface area contributed by atoms with E-state index in [1.165, 1.54) is 48.5 Å². The minimum atomic E-state index is -1.56. The van der Waals surface area contributed by atoms with Crippen molar-refractivity contribution in [1.82, 2.24) is 19.6 Å². The molecule has 0 spiro atoms. The zero-order chi connectivity index (χ0) is 103. The third-order valence-corrected chi connectivity index (χ3v) is 24.7. The summed E-state index contributed by atoms with van der Waals surface area (Å²) in [6.45, 7) is 18.6. The first-order valence-corrected chi connectivity index (χ1v) is 47.6. The van der Waals surface area contributed by atoms with Gasteiger partial charge < -0.3 is 66.6 Å². The average Bonchev–Trinajstić information content (AvgIpc) is 0.667. The second-order valence-electron chi connectivity index (χ2n) is 34.7. The predicted octanol–water partition coefficient (Wildman–Crippen LogP) is 25.7. The van der Waals surface area contributed by atoms with Crippen LogP contribution in [0.1, 0.15) is 90.4 Å². The lowest BCUT2D eigenvalue weighted by Gasteiger charge is -2.38. The molecule has 26 heteroatoms. The van der Waals surface area contributed by atoms with Gasteiger partial charge in [-0.3, -0.25) is 38.6 Å². The van der Waals surface area contributed by atoms with Gasteiger partial charge in [-0.05, 0) is 205 Å². The van der Waals surface area contributed by atoms with E-state index in [0.29, 0.717) is 24.0 Å². The Kier molecular flexibility index (Phi) is 28.6. The number of imide groups is 2. The summed E-state index contributed by atoms with van der Waals surface area (Å²) in [5.74, 6) is -4.88. The van der Waals surface area contributed by atoms with Gasteiger partial charge in [-0.25, -0.2) is 19.2 Å². The van der Waals surface area contributed by atoms with Crippen molar-refractivity contribution < 1.29 is 105 Å². The maximum Gasteiger partial charge on any atom is 0.335 e. The van der Waals surface area contributed by atoms with Crippen LogP contribution in [0.5, 0.6) is 115 Å². The molecule has 0 aliphatic carbocycles. The largest absolute Gasteiger partial charge is 0.457 e. The average molecular weight is 1970 g/mol. The van der Waals surface area contributed by atoms with Crippen molar-refractivity contribution in [2.45, 2.75) is 64.7 Å². The van der Waals surface area contributed by atoms with Gasteiger partial charge in [-0.1, -0.05) is 186 Å². The Balaban J connectivity index is 0.908. The highest BCUT2D eigenvalue weighted by molar-refractivity contribution is 6.45. The standard InChI is InChI=1S/C122H92N4O22/c1-7-61-123(73-77-33-21-15-22-34-77)121(135)99(63-75-29-17-13-18-30-75)125-117(131)95-69-101(141-83-53-45-79(46-54-83)137-87-37-25-41-91(65-87)145-105(127)9-3)111-113-103(143-85-57-49-81(50-58-85)139-89-39-27-43-93(67-89)147-107(129)11-5)71-97-110-98(120(134)126(119(97)133)100(64-76-31-19-14-20-32-76)122(136)124(62-8-2)74-78-35-23-16-24-36-78)72-104(144-86-59-51-82(52-60-86)140-90-40-28-44-94(68-90)148-108(130)12-6)114(116(110)113)112-102(70-96(118(125)132)109(95)115(111)112)142-84-55-47-80(48-56-84)138-88-38-26-42-92(66-88)146-106(128)10-4/h9-60,65-72,99-100H,3-8,61-64,73-74H2,1-2H3.